The summed E-state index contributed by atoms with van der Waals surface area (Å²) in [6.07, 6.45) is 2.79. The average Bonchev–Trinajstić information content (AvgIpc) is 3.07. The second kappa shape index (κ2) is 13.1. The van der Waals surface area contributed by atoms with Gasteiger partial charge >= 0.3 is 0 Å². The highest BCUT2D eigenvalue weighted by Crippen LogP contribution is 2.36. The Morgan fingerprint density at radius 2 is 1.36 bits per heavy atom. The Bertz CT molecular complexity index is 2010. The Morgan fingerprint density at radius 3 is 2.13 bits per heavy atom. The number of benzene rings is 5. The number of allylic oxidation sites excluding steroid dienone is 1. The van der Waals surface area contributed by atoms with Crippen LogP contribution in [0.4, 0.5) is 5.69 Å². The fraction of sp³-hybridized carbons (Fsp3) is 0.116. The van der Waals surface area contributed by atoms with Crippen molar-refractivity contribution in [2.24, 2.45) is 4.99 Å². The van der Waals surface area contributed by atoms with Gasteiger partial charge in [-0.2, -0.15) is 0 Å². The third-order valence-corrected chi connectivity index (χ3v) is 8.53. The SMILES string of the molecule is C=C(C)c1ccccc1-c1nccc(-c2cc(-c3ccc(C(C)=Nc4ccccc4Cc4ccccc4)cc3)ccc2C)c1C. The fourth-order valence-corrected chi connectivity index (χ4v) is 5.99. The minimum Gasteiger partial charge on any atom is -0.256 e. The first-order valence-corrected chi connectivity index (χ1v) is 15.5. The zero-order chi connectivity index (χ0) is 31.3. The molecule has 0 spiro atoms. The average molecular weight is 583 g/mol. The molecule has 6 rings (SSSR count). The zero-order valence-corrected chi connectivity index (χ0v) is 26.5. The molecule has 0 saturated heterocycles. The van der Waals surface area contributed by atoms with Crippen LogP contribution in [-0.2, 0) is 6.42 Å². The number of aliphatic imine (C=N–C) groups is 1. The maximum atomic E-state index is 5.06. The molecule has 0 unspecified atom stereocenters. The number of para-hydroxylation sites is 1. The van der Waals surface area contributed by atoms with E-state index in [1.54, 1.807) is 0 Å². The lowest BCUT2D eigenvalue weighted by molar-refractivity contribution is 1.18. The van der Waals surface area contributed by atoms with Gasteiger partial charge in [-0.1, -0.05) is 121 Å². The summed E-state index contributed by atoms with van der Waals surface area (Å²) in [6.45, 7) is 12.7. The van der Waals surface area contributed by atoms with E-state index in [0.29, 0.717) is 0 Å². The van der Waals surface area contributed by atoms with Crippen molar-refractivity contribution in [1.29, 1.82) is 0 Å². The van der Waals surface area contributed by atoms with E-state index in [0.717, 1.165) is 45.8 Å². The van der Waals surface area contributed by atoms with E-state index in [-0.39, 0.29) is 0 Å². The molecule has 6 aromatic rings. The molecule has 5 aromatic carbocycles. The second-order valence-corrected chi connectivity index (χ2v) is 11.8. The molecule has 0 atom stereocenters. The molecule has 0 bridgehead atoms. The van der Waals surface area contributed by atoms with Crippen LogP contribution in [0, 0.1) is 13.8 Å². The topological polar surface area (TPSA) is 25.2 Å². The van der Waals surface area contributed by atoms with Gasteiger partial charge in [-0.25, -0.2) is 0 Å². The standard InChI is InChI=1S/C43H38N2/c1-29(2)38-16-10-11-17-40(38)43-31(4)39(25-26-44-43)41-28-36(20-19-30(41)3)35-23-21-34(22-24-35)32(5)45-42-18-12-9-15-37(42)27-33-13-7-6-8-14-33/h6-26,28H,1,27H2,2-5H3. The van der Waals surface area contributed by atoms with Gasteiger partial charge in [0, 0.05) is 17.5 Å². The van der Waals surface area contributed by atoms with E-state index in [2.05, 4.69) is 162 Å². The molecule has 0 aliphatic carbocycles. The third-order valence-electron chi connectivity index (χ3n) is 8.53. The summed E-state index contributed by atoms with van der Waals surface area (Å²) in [5, 5.41) is 0. The lowest BCUT2D eigenvalue weighted by Crippen LogP contribution is -1.97. The van der Waals surface area contributed by atoms with Crippen molar-refractivity contribution in [3.8, 4) is 33.5 Å². The van der Waals surface area contributed by atoms with Crippen LogP contribution in [-0.4, -0.2) is 10.7 Å². The summed E-state index contributed by atoms with van der Waals surface area (Å²) >= 11 is 0. The molecule has 0 N–H and O–H groups in total. The lowest BCUT2D eigenvalue weighted by Gasteiger charge is -2.16. The molecule has 1 aromatic heterocycles. The van der Waals surface area contributed by atoms with Crippen LogP contribution in [0.15, 0.2) is 145 Å². The van der Waals surface area contributed by atoms with Crippen molar-refractivity contribution < 1.29 is 0 Å². The number of aromatic nitrogens is 1. The lowest BCUT2D eigenvalue weighted by atomic mass is 9.90. The first-order valence-electron chi connectivity index (χ1n) is 15.5. The minimum absolute atomic E-state index is 0.862. The van der Waals surface area contributed by atoms with E-state index in [1.165, 1.54) is 44.5 Å². The minimum atomic E-state index is 0.862. The predicted molar refractivity (Wildman–Crippen MR) is 192 cm³/mol. The normalized spacial score (nSPS) is 11.4. The van der Waals surface area contributed by atoms with Gasteiger partial charge in [-0.05, 0) is 108 Å². The number of aryl methyl sites for hydroxylation is 1. The number of hydrogen-bond donors (Lipinski definition) is 0. The number of hydrogen-bond acceptors (Lipinski definition) is 2. The Hall–Kier alpha value is -5.34. The molecule has 0 radical (unpaired) electrons. The van der Waals surface area contributed by atoms with E-state index < -0.39 is 0 Å². The van der Waals surface area contributed by atoms with E-state index in [9.17, 15) is 0 Å². The highest BCUT2D eigenvalue weighted by atomic mass is 14.7. The fourth-order valence-electron chi connectivity index (χ4n) is 5.99. The molecule has 0 aliphatic heterocycles. The Balaban J connectivity index is 1.29. The van der Waals surface area contributed by atoms with Gasteiger partial charge in [0.05, 0.1) is 11.4 Å². The van der Waals surface area contributed by atoms with Gasteiger partial charge in [-0.3, -0.25) is 9.98 Å². The molecule has 0 aliphatic rings. The summed E-state index contributed by atoms with van der Waals surface area (Å²) < 4.78 is 0. The van der Waals surface area contributed by atoms with Crippen LogP contribution < -0.4 is 0 Å². The summed E-state index contributed by atoms with van der Waals surface area (Å²) in [4.78, 5) is 9.88. The van der Waals surface area contributed by atoms with E-state index in [4.69, 9.17) is 9.98 Å². The molecular formula is C43H38N2. The van der Waals surface area contributed by atoms with E-state index in [1.807, 2.05) is 6.20 Å². The summed E-state index contributed by atoms with van der Waals surface area (Å²) in [5.74, 6) is 0. The van der Waals surface area contributed by atoms with Crippen LogP contribution in [0.25, 0.3) is 39.1 Å². The first-order chi connectivity index (χ1) is 21.9. The van der Waals surface area contributed by atoms with Gasteiger partial charge in [0.2, 0.25) is 0 Å². The van der Waals surface area contributed by atoms with Gasteiger partial charge < -0.3 is 0 Å². The van der Waals surface area contributed by atoms with Crippen molar-refractivity contribution in [2.45, 2.75) is 34.1 Å². The first kappa shape index (κ1) is 29.7. The van der Waals surface area contributed by atoms with Crippen molar-refractivity contribution in [3.05, 3.63) is 174 Å². The van der Waals surface area contributed by atoms with Gasteiger partial charge in [-0.15, -0.1) is 0 Å². The largest absolute Gasteiger partial charge is 0.256 e. The molecule has 1 heterocycles. The van der Waals surface area contributed by atoms with Crippen LogP contribution in [0.5, 0.6) is 0 Å². The molecule has 0 saturated carbocycles. The molecule has 0 amide bonds. The van der Waals surface area contributed by atoms with Crippen LogP contribution >= 0.6 is 0 Å². The maximum Gasteiger partial charge on any atom is 0.0743 e. The number of nitrogens with zero attached hydrogens (tertiary/aromatic N) is 2. The van der Waals surface area contributed by atoms with E-state index >= 15 is 0 Å². The molecule has 45 heavy (non-hydrogen) atoms. The number of pyridine rings is 1. The highest BCUT2D eigenvalue weighted by Gasteiger charge is 2.15. The van der Waals surface area contributed by atoms with Gasteiger partial charge in [0.25, 0.3) is 0 Å². The molecule has 2 nitrogen and oxygen atoms in total. The summed E-state index contributed by atoms with van der Waals surface area (Å²) in [5.41, 5.74) is 17.1. The van der Waals surface area contributed by atoms with Gasteiger partial charge in [0.1, 0.15) is 0 Å². The molecular weight excluding hydrogens is 544 g/mol. The van der Waals surface area contributed by atoms with Crippen molar-refractivity contribution >= 4 is 17.0 Å². The Kier molecular flexibility index (Phi) is 8.66. The van der Waals surface area contributed by atoms with Crippen LogP contribution in [0.1, 0.15) is 47.2 Å². The molecule has 2 heteroatoms. The maximum absolute atomic E-state index is 5.06. The second-order valence-electron chi connectivity index (χ2n) is 11.8. The highest BCUT2D eigenvalue weighted by molar-refractivity contribution is 6.00. The Morgan fingerprint density at radius 1 is 0.667 bits per heavy atom. The third kappa shape index (κ3) is 6.46. The number of rotatable bonds is 8. The molecule has 0 fully saturated rings. The Labute approximate surface area is 267 Å². The van der Waals surface area contributed by atoms with Crippen molar-refractivity contribution in [2.75, 3.05) is 0 Å². The van der Waals surface area contributed by atoms with Crippen molar-refractivity contribution in [1.82, 2.24) is 4.98 Å². The zero-order valence-electron chi connectivity index (χ0n) is 26.5. The van der Waals surface area contributed by atoms with Gasteiger partial charge in [0.15, 0.2) is 0 Å². The molecule has 220 valence electrons. The van der Waals surface area contributed by atoms with Crippen LogP contribution in [0.2, 0.25) is 0 Å². The predicted octanol–water partition coefficient (Wildman–Crippen LogP) is 11.5. The van der Waals surface area contributed by atoms with Crippen LogP contribution in [0.3, 0.4) is 0 Å². The van der Waals surface area contributed by atoms with Crippen molar-refractivity contribution in [3.63, 3.8) is 0 Å². The summed E-state index contributed by atoms with van der Waals surface area (Å²) in [6, 6.07) is 45.0. The quantitative estimate of drug-likeness (QED) is 0.164. The summed E-state index contributed by atoms with van der Waals surface area (Å²) in [7, 11) is 0. The monoisotopic (exact) mass is 582 g/mol. The smallest absolute Gasteiger partial charge is 0.0743 e.